The van der Waals surface area contributed by atoms with Crippen molar-refractivity contribution in [2.75, 3.05) is 0 Å². The largest absolute Gasteiger partial charge is 0.461 e. The first-order valence-electron chi connectivity index (χ1n) is 6.98. The third kappa shape index (κ3) is 3.19. The lowest BCUT2D eigenvalue weighted by atomic mass is 9.97. The minimum Gasteiger partial charge on any atom is -0.461 e. The molecule has 0 aromatic carbocycles. The fourth-order valence-corrected chi connectivity index (χ4v) is 2.99. The summed E-state index contributed by atoms with van der Waals surface area (Å²) in [5.41, 5.74) is 0.198. The first-order chi connectivity index (χ1) is 10.6. The van der Waals surface area contributed by atoms with Crippen molar-refractivity contribution in [1.82, 2.24) is 19.5 Å². The highest BCUT2D eigenvalue weighted by atomic mass is 31.2. The van der Waals surface area contributed by atoms with Gasteiger partial charge in [-0.2, -0.15) is 0 Å². The summed E-state index contributed by atoms with van der Waals surface area (Å²) in [4.78, 5) is 31.7. The van der Waals surface area contributed by atoms with Gasteiger partial charge in [0.25, 0.3) is 0 Å². The van der Waals surface area contributed by atoms with Crippen molar-refractivity contribution in [3.63, 3.8) is 0 Å². The molecule has 9 heteroatoms. The highest BCUT2D eigenvalue weighted by Crippen LogP contribution is 2.35. The van der Waals surface area contributed by atoms with Crippen molar-refractivity contribution in [3.8, 4) is 11.6 Å². The first-order valence-corrected chi connectivity index (χ1v) is 8.60. The van der Waals surface area contributed by atoms with Gasteiger partial charge in [-0.15, -0.1) is 0 Å². The van der Waals surface area contributed by atoms with Crippen molar-refractivity contribution >= 4 is 24.3 Å². The molecular formula is C14H17N4O4P. The van der Waals surface area contributed by atoms with Gasteiger partial charge in [0.2, 0.25) is 5.57 Å². The van der Waals surface area contributed by atoms with E-state index in [9.17, 15) is 14.4 Å². The fourth-order valence-electron chi connectivity index (χ4n) is 2.27. The molecule has 0 spiro atoms. The minimum atomic E-state index is -4.53. The Bertz CT molecular complexity index is 890. The fraction of sp³-hybridized carbons (Fsp3) is 0.357. The van der Waals surface area contributed by atoms with Crippen LogP contribution in [0.15, 0.2) is 29.0 Å². The van der Waals surface area contributed by atoms with Gasteiger partial charge in [0.1, 0.15) is 5.52 Å². The Morgan fingerprint density at radius 2 is 2.04 bits per heavy atom. The molecule has 0 aliphatic carbocycles. The van der Waals surface area contributed by atoms with E-state index in [1.165, 1.54) is 17.0 Å². The quantitative estimate of drug-likeness (QED) is 0.702. The molecule has 3 rings (SSSR count). The maximum atomic E-state index is 11.8. The van der Waals surface area contributed by atoms with E-state index >= 15 is 0 Å². The Morgan fingerprint density at radius 3 is 2.61 bits per heavy atom. The van der Waals surface area contributed by atoms with Crippen LogP contribution in [0.1, 0.15) is 20.8 Å². The Kier molecular flexibility index (Phi) is 3.63. The van der Waals surface area contributed by atoms with Crippen molar-refractivity contribution < 1.29 is 18.8 Å². The predicted molar refractivity (Wildman–Crippen MR) is 84.2 cm³/mol. The third-order valence-electron chi connectivity index (χ3n) is 3.10. The van der Waals surface area contributed by atoms with E-state index in [2.05, 4.69) is 15.0 Å². The molecule has 122 valence electrons. The molecule has 3 heterocycles. The molecule has 3 aromatic rings. The molecule has 2 N–H and O–H groups in total. The minimum absolute atomic E-state index is 0.215. The lowest BCUT2D eigenvalue weighted by Crippen LogP contribution is -2.26. The monoisotopic (exact) mass is 336 g/mol. The van der Waals surface area contributed by atoms with Crippen LogP contribution in [-0.2, 0) is 11.1 Å². The van der Waals surface area contributed by atoms with E-state index in [0.29, 0.717) is 29.3 Å². The summed E-state index contributed by atoms with van der Waals surface area (Å²) >= 11 is 0. The Balaban J connectivity index is 2.25. The second-order valence-corrected chi connectivity index (χ2v) is 7.97. The lowest BCUT2D eigenvalue weighted by Gasteiger charge is -2.20. The van der Waals surface area contributed by atoms with E-state index in [-0.39, 0.29) is 11.0 Å². The van der Waals surface area contributed by atoms with E-state index < -0.39 is 7.60 Å². The van der Waals surface area contributed by atoms with Gasteiger partial charge >= 0.3 is 7.60 Å². The van der Waals surface area contributed by atoms with Gasteiger partial charge in [-0.1, -0.05) is 20.8 Å². The van der Waals surface area contributed by atoms with Crippen molar-refractivity contribution in [3.05, 3.63) is 24.6 Å². The lowest BCUT2D eigenvalue weighted by molar-refractivity contribution is 0.344. The topological polar surface area (TPSA) is 114 Å². The summed E-state index contributed by atoms with van der Waals surface area (Å²) in [6.07, 6.45) is 2.95. The van der Waals surface area contributed by atoms with Gasteiger partial charge in [0, 0.05) is 6.54 Å². The number of rotatable bonds is 3. The number of fused-ring (bicyclic) bond motifs is 1. The van der Waals surface area contributed by atoms with Crippen molar-refractivity contribution in [1.29, 1.82) is 0 Å². The van der Waals surface area contributed by atoms with Crippen molar-refractivity contribution in [2.24, 2.45) is 5.41 Å². The zero-order valence-corrected chi connectivity index (χ0v) is 13.9. The zero-order valence-electron chi connectivity index (χ0n) is 13.0. The number of furan rings is 1. The van der Waals surface area contributed by atoms with E-state index in [1.54, 1.807) is 12.1 Å². The maximum absolute atomic E-state index is 11.8. The first kappa shape index (κ1) is 15.9. The van der Waals surface area contributed by atoms with Crippen LogP contribution >= 0.6 is 7.60 Å². The molecule has 0 aliphatic rings. The molecule has 0 aliphatic heterocycles. The number of nitrogens with zero attached hydrogens (tertiary/aromatic N) is 4. The molecule has 23 heavy (non-hydrogen) atoms. The van der Waals surface area contributed by atoms with Crippen LogP contribution in [-0.4, -0.2) is 29.3 Å². The van der Waals surface area contributed by atoms with Crippen LogP contribution in [0, 0.1) is 5.41 Å². The predicted octanol–water partition coefficient (Wildman–Crippen LogP) is 1.94. The standard InChI is InChI=1S/C14H17N4O4P/c1-14(2,3)8-18-12-9(16-13(18)23(19,20)21)7-15-11(17-12)10-5-4-6-22-10/h4-7H,8H2,1-3H3,(H2,19,20,21). The van der Waals surface area contributed by atoms with E-state index in [0.717, 1.165) is 0 Å². The summed E-state index contributed by atoms with van der Waals surface area (Å²) in [6, 6.07) is 3.44. The van der Waals surface area contributed by atoms with E-state index in [4.69, 9.17) is 4.42 Å². The molecule has 3 aromatic heterocycles. The Labute approximate surface area is 132 Å². The molecule has 0 atom stereocenters. The molecular weight excluding hydrogens is 319 g/mol. The molecule has 0 saturated heterocycles. The molecule has 0 bridgehead atoms. The van der Waals surface area contributed by atoms with Crippen LogP contribution in [0.2, 0.25) is 0 Å². The highest BCUT2D eigenvalue weighted by molar-refractivity contribution is 7.59. The molecule has 0 radical (unpaired) electrons. The summed E-state index contributed by atoms with van der Waals surface area (Å²) in [5, 5.41) is 0. The third-order valence-corrected chi connectivity index (χ3v) is 3.96. The van der Waals surface area contributed by atoms with Gasteiger partial charge in [0.05, 0.1) is 12.5 Å². The number of imidazole rings is 1. The van der Waals surface area contributed by atoms with Crippen LogP contribution in [0.25, 0.3) is 22.7 Å². The maximum Gasteiger partial charge on any atom is 0.391 e. The molecule has 0 fully saturated rings. The smallest absolute Gasteiger partial charge is 0.391 e. The normalized spacial score (nSPS) is 12.9. The number of hydrogen-bond acceptors (Lipinski definition) is 5. The van der Waals surface area contributed by atoms with Crippen LogP contribution < -0.4 is 5.57 Å². The average molecular weight is 336 g/mol. The summed E-state index contributed by atoms with van der Waals surface area (Å²) in [7, 11) is -4.53. The van der Waals surface area contributed by atoms with E-state index in [1.807, 2.05) is 20.8 Å². The number of aromatic nitrogens is 4. The molecule has 0 amide bonds. The van der Waals surface area contributed by atoms with Gasteiger partial charge < -0.3 is 18.8 Å². The Morgan fingerprint density at radius 1 is 1.30 bits per heavy atom. The Hall–Kier alpha value is -2.02. The number of hydrogen-bond donors (Lipinski definition) is 2. The molecule has 8 nitrogen and oxygen atoms in total. The van der Waals surface area contributed by atoms with Gasteiger partial charge in [0.15, 0.2) is 17.2 Å². The van der Waals surface area contributed by atoms with Gasteiger partial charge in [-0.05, 0) is 17.5 Å². The SMILES string of the molecule is CC(C)(C)Cn1c(P(=O)(O)O)nc2cnc(-c3ccco3)nc21. The van der Waals surface area contributed by atoms with Gasteiger partial charge in [-0.25, -0.2) is 15.0 Å². The van der Waals surface area contributed by atoms with Gasteiger partial charge in [-0.3, -0.25) is 4.57 Å². The van der Waals surface area contributed by atoms with Crippen molar-refractivity contribution in [2.45, 2.75) is 27.3 Å². The van der Waals surface area contributed by atoms with Crippen LogP contribution in [0.5, 0.6) is 0 Å². The highest BCUT2D eigenvalue weighted by Gasteiger charge is 2.29. The second kappa shape index (κ2) is 5.26. The molecule has 0 unspecified atom stereocenters. The van der Waals surface area contributed by atoms with Crippen LogP contribution in [0.4, 0.5) is 0 Å². The summed E-state index contributed by atoms with van der Waals surface area (Å²) < 4.78 is 18.5. The summed E-state index contributed by atoms with van der Waals surface area (Å²) in [6.45, 7) is 6.27. The zero-order chi connectivity index (χ0) is 16.8. The second-order valence-electron chi connectivity index (χ2n) is 6.48. The average Bonchev–Trinajstić information content (AvgIpc) is 3.04. The molecule has 0 saturated carbocycles. The summed E-state index contributed by atoms with van der Waals surface area (Å²) in [5.74, 6) is 0.822. The van der Waals surface area contributed by atoms with Crippen LogP contribution in [0.3, 0.4) is 0 Å².